The molecule has 0 aliphatic carbocycles. The van der Waals surface area contributed by atoms with E-state index >= 15 is 0 Å². The van der Waals surface area contributed by atoms with Crippen LogP contribution in [0.5, 0.6) is 5.75 Å². The Labute approximate surface area is 177 Å². The second-order valence-electron chi connectivity index (χ2n) is 7.48. The third-order valence-electron chi connectivity index (χ3n) is 5.35. The lowest BCUT2D eigenvalue weighted by Gasteiger charge is -2.29. The molecule has 1 saturated heterocycles. The Morgan fingerprint density at radius 1 is 1.00 bits per heavy atom. The van der Waals surface area contributed by atoms with Gasteiger partial charge in [0.2, 0.25) is 5.09 Å². The van der Waals surface area contributed by atoms with Crippen LogP contribution in [0, 0.1) is 0 Å². The van der Waals surface area contributed by atoms with E-state index in [0.717, 1.165) is 25.3 Å². The van der Waals surface area contributed by atoms with Crippen molar-refractivity contribution in [2.24, 2.45) is 0 Å². The van der Waals surface area contributed by atoms with Crippen molar-refractivity contribution in [3.63, 3.8) is 0 Å². The third-order valence-corrected chi connectivity index (χ3v) is 7.12. The summed E-state index contributed by atoms with van der Waals surface area (Å²) in [6.45, 7) is 1.16. The van der Waals surface area contributed by atoms with Crippen molar-refractivity contribution in [2.75, 3.05) is 24.5 Å². The zero-order valence-electron chi connectivity index (χ0n) is 16.5. The summed E-state index contributed by atoms with van der Waals surface area (Å²) in [7, 11) is -3.82. The topological polar surface area (TPSA) is 80.1 Å². The van der Waals surface area contributed by atoms with Crippen molar-refractivity contribution in [2.45, 2.75) is 43.6 Å². The molecule has 1 amide bonds. The van der Waals surface area contributed by atoms with Gasteiger partial charge in [-0.1, -0.05) is 6.42 Å². The summed E-state index contributed by atoms with van der Waals surface area (Å²) in [5.74, 6) is -1.04. The number of halogens is 3. The number of carbonyl (C=O) groups is 1. The zero-order chi connectivity index (χ0) is 22.2. The molecule has 1 fully saturated rings. The van der Waals surface area contributed by atoms with Gasteiger partial charge in [-0.2, -0.15) is 4.31 Å². The second-order valence-corrected chi connectivity index (χ2v) is 9.35. The lowest BCUT2D eigenvalue weighted by atomic mass is 10.0. The summed E-state index contributed by atoms with van der Waals surface area (Å²) in [6.07, 6.45) is -1.26. The number of piperidine rings is 1. The monoisotopic (exact) mass is 458 g/mol. The minimum Gasteiger partial charge on any atom is -0.438 e. The van der Waals surface area contributed by atoms with Crippen LogP contribution in [-0.4, -0.2) is 44.6 Å². The predicted octanol–water partition coefficient (Wildman–Crippen LogP) is 3.95. The van der Waals surface area contributed by atoms with E-state index in [4.69, 9.17) is 4.42 Å². The van der Waals surface area contributed by atoms with Gasteiger partial charge in [-0.05, 0) is 61.6 Å². The molecule has 168 valence electrons. The van der Waals surface area contributed by atoms with Gasteiger partial charge in [-0.3, -0.25) is 4.79 Å². The number of furan rings is 1. The van der Waals surface area contributed by atoms with Crippen LogP contribution in [0.2, 0.25) is 0 Å². The van der Waals surface area contributed by atoms with Crippen LogP contribution < -0.4 is 9.64 Å². The highest BCUT2D eigenvalue weighted by Crippen LogP contribution is 2.34. The maximum Gasteiger partial charge on any atom is 0.573 e. The Morgan fingerprint density at radius 2 is 1.74 bits per heavy atom. The molecular weight excluding hydrogens is 437 g/mol. The SMILES string of the molecule is O=C(c1ccc(S(=O)(=O)N2CCCCC2)o1)N1CCCc2cc(OC(F)(F)F)ccc21. The van der Waals surface area contributed by atoms with Crippen LogP contribution in [0.3, 0.4) is 0 Å². The fourth-order valence-electron chi connectivity index (χ4n) is 3.92. The molecule has 0 unspecified atom stereocenters. The van der Waals surface area contributed by atoms with Crippen molar-refractivity contribution < 1.29 is 35.5 Å². The van der Waals surface area contributed by atoms with E-state index in [9.17, 15) is 26.4 Å². The molecular formula is C20H21F3N2O5S. The number of benzene rings is 1. The van der Waals surface area contributed by atoms with Crippen LogP contribution in [0.1, 0.15) is 41.8 Å². The molecule has 3 heterocycles. The first kappa shape index (κ1) is 21.7. The number of anilines is 1. The zero-order valence-corrected chi connectivity index (χ0v) is 17.3. The van der Waals surface area contributed by atoms with E-state index in [2.05, 4.69) is 4.74 Å². The van der Waals surface area contributed by atoms with Crippen LogP contribution in [-0.2, 0) is 16.4 Å². The van der Waals surface area contributed by atoms with Crippen molar-refractivity contribution in [1.82, 2.24) is 4.31 Å². The van der Waals surface area contributed by atoms with Gasteiger partial charge in [0.1, 0.15) is 5.75 Å². The lowest BCUT2D eigenvalue weighted by Crippen LogP contribution is -2.36. The smallest absolute Gasteiger partial charge is 0.438 e. The predicted molar refractivity (Wildman–Crippen MR) is 104 cm³/mol. The Hall–Kier alpha value is -2.53. The Kier molecular flexibility index (Phi) is 5.73. The van der Waals surface area contributed by atoms with Crippen molar-refractivity contribution in [1.29, 1.82) is 0 Å². The minimum absolute atomic E-state index is 0.140. The number of sulfonamides is 1. The number of ether oxygens (including phenoxy) is 1. The number of rotatable bonds is 4. The van der Waals surface area contributed by atoms with E-state index in [1.807, 2.05) is 0 Å². The Bertz CT molecular complexity index is 1070. The van der Waals surface area contributed by atoms with Gasteiger partial charge in [-0.25, -0.2) is 8.42 Å². The molecule has 2 aliphatic heterocycles. The number of amides is 1. The van der Waals surface area contributed by atoms with Crippen LogP contribution in [0.25, 0.3) is 0 Å². The first-order valence-electron chi connectivity index (χ1n) is 9.96. The lowest BCUT2D eigenvalue weighted by molar-refractivity contribution is -0.274. The Morgan fingerprint density at radius 3 is 2.45 bits per heavy atom. The van der Waals surface area contributed by atoms with Gasteiger partial charge in [-0.15, -0.1) is 13.2 Å². The molecule has 0 radical (unpaired) electrons. The first-order chi connectivity index (χ1) is 14.6. The molecule has 7 nitrogen and oxygen atoms in total. The average molecular weight is 458 g/mol. The second kappa shape index (κ2) is 8.19. The molecule has 0 N–H and O–H groups in total. The normalized spacial score (nSPS) is 18.0. The number of hydrogen-bond donors (Lipinski definition) is 0. The van der Waals surface area contributed by atoms with Gasteiger partial charge < -0.3 is 14.1 Å². The molecule has 1 aromatic carbocycles. The van der Waals surface area contributed by atoms with E-state index in [0.29, 0.717) is 43.7 Å². The highest BCUT2D eigenvalue weighted by Gasteiger charge is 2.33. The van der Waals surface area contributed by atoms with Crippen molar-refractivity contribution in [3.8, 4) is 5.75 Å². The van der Waals surface area contributed by atoms with Gasteiger partial charge in [0, 0.05) is 25.3 Å². The number of carbonyl (C=O) groups excluding carboxylic acids is 1. The van der Waals surface area contributed by atoms with Gasteiger partial charge >= 0.3 is 6.36 Å². The van der Waals surface area contributed by atoms with Crippen molar-refractivity contribution in [3.05, 3.63) is 41.7 Å². The maximum absolute atomic E-state index is 13.0. The Balaban J connectivity index is 1.56. The summed E-state index contributed by atoms with van der Waals surface area (Å²) >= 11 is 0. The number of aryl methyl sites for hydroxylation is 1. The largest absolute Gasteiger partial charge is 0.573 e. The van der Waals surface area contributed by atoms with Gasteiger partial charge in [0.15, 0.2) is 5.76 Å². The highest BCUT2D eigenvalue weighted by atomic mass is 32.2. The molecule has 0 saturated carbocycles. The summed E-state index contributed by atoms with van der Waals surface area (Å²) in [4.78, 5) is 14.4. The molecule has 1 aromatic heterocycles. The minimum atomic E-state index is -4.80. The average Bonchev–Trinajstić information content (AvgIpc) is 3.23. The summed E-state index contributed by atoms with van der Waals surface area (Å²) in [5.41, 5.74) is 0.983. The van der Waals surface area contributed by atoms with Crippen molar-refractivity contribution >= 4 is 21.6 Å². The number of nitrogens with zero attached hydrogens (tertiary/aromatic N) is 2. The number of fused-ring (bicyclic) bond motifs is 1. The van der Waals surface area contributed by atoms with Crippen LogP contribution in [0.15, 0.2) is 39.8 Å². The van der Waals surface area contributed by atoms with E-state index in [-0.39, 0.29) is 16.6 Å². The first-order valence-corrected chi connectivity index (χ1v) is 11.4. The fraction of sp³-hybridized carbons (Fsp3) is 0.450. The highest BCUT2D eigenvalue weighted by molar-refractivity contribution is 7.89. The molecule has 2 aromatic rings. The molecule has 2 aliphatic rings. The van der Waals surface area contributed by atoms with E-state index in [1.165, 1.54) is 33.5 Å². The van der Waals surface area contributed by atoms with E-state index in [1.54, 1.807) is 0 Å². The molecule has 11 heteroatoms. The quantitative estimate of drug-likeness (QED) is 0.693. The summed E-state index contributed by atoms with van der Waals surface area (Å²) < 4.78 is 73.7. The number of hydrogen-bond acceptors (Lipinski definition) is 5. The molecule has 31 heavy (non-hydrogen) atoms. The number of alkyl halides is 3. The molecule has 0 spiro atoms. The van der Waals surface area contributed by atoms with Gasteiger partial charge in [0.05, 0.1) is 0 Å². The van der Waals surface area contributed by atoms with Crippen LogP contribution >= 0.6 is 0 Å². The third kappa shape index (κ3) is 4.57. The van der Waals surface area contributed by atoms with Gasteiger partial charge in [0.25, 0.3) is 15.9 Å². The van der Waals surface area contributed by atoms with Crippen LogP contribution in [0.4, 0.5) is 18.9 Å². The molecule has 0 bridgehead atoms. The summed E-state index contributed by atoms with van der Waals surface area (Å²) in [6, 6.07) is 6.38. The molecule has 4 rings (SSSR count). The summed E-state index contributed by atoms with van der Waals surface area (Å²) in [5, 5.41) is -0.288. The fourth-order valence-corrected chi connectivity index (χ4v) is 5.35. The van der Waals surface area contributed by atoms with E-state index < -0.39 is 22.3 Å². The molecule has 0 atom stereocenters. The standard InChI is InChI=1S/C20H21F3N2O5S/c21-20(22,23)30-15-6-7-16-14(13-15)5-4-12-25(16)19(26)17-8-9-18(29-17)31(27,28)24-10-2-1-3-11-24/h6-9,13H,1-5,10-12H2. The maximum atomic E-state index is 13.0.